The van der Waals surface area contributed by atoms with Gasteiger partial charge in [-0.15, -0.1) is 0 Å². The van der Waals surface area contributed by atoms with Crippen molar-refractivity contribution in [2.75, 3.05) is 33.0 Å². The monoisotopic (exact) mass is 272 g/mol. The third kappa shape index (κ3) is 3.81. The number of nitrogens with two attached hydrogens (primary N) is 1. The predicted octanol–water partition coefficient (Wildman–Crippen LogP) is 2.11. The second kappa shape index (κ2) is 6.10. The van der Waals surface area contributed by atoms with Gasteiger partial charge in [-0.2, -0.15) is 0 Å². The molecule has 0 atom stereocenters. The van der Waals surface area contributed by atoms with Crippen LogP contribution in [-0.4, -0.2) is 32.2 Å². The molecule has 1 rings (SSSR count). The van der Waals surface area contributed by atoms with Gasteiger partial charge < -0.3 is 10.5 Å². The fourth-order valence-corrected chi connectivity index (χ4v) is 1.73. The summed E-state index contributed by atoms with van der Waals surface area (Å²) >= 11 is 3.49. The zero-order chi connectivity index (χ0) is 11.3. The van der Waals surface area contributed by atoms with Crippen molar-refractivity contribution in [2.24, 2.45) is 0 Å². The fraction of sp³-hybridized carbons (Fsp3) is 0.455. The maximum absolute atomic E-state index is 5.81. The number of methoxy groups -OCH3 is 1. The zero-order valence-corrected chi connectivity index (χ0v) is 10.8. The van der Waals surface area contributed by atoms with Crippen LogP contribution in [0.25, 0.3) is 0 Å². The van der Waals surface area contributed by atoms with E-state index in [0.29, 0.717) is 0 Å². The summed E-state index contributed by atoms with van der Waals surface area (Å²) in [6.07, 6.45) is 0. The summed E-state index contributed by atoms with van der Waals surface area (Å²) in [7, 11) is 3.78. The Kier molecular flexibility index (Phi) is 5.08. The average molecular weight is 273 g/mol. The van der Waals surface area contributed by atoms with Crippen LogP contribution in [0.5, 0.6) is 0 Å². The smallest absolute Gasteiger partial charge is 0.0589 e. The molecule has 0 aliphatic rings. The molecule has 0 bridgehead atoms. The number of hydrogen-bond donors (Lipinski definition) is 1. The Balaban J connectivity index is 2.60. The number of anilines is 1. The molecule has 4 heteroatoms. The van der Waals surface area contributed by atoms with Gasteiger partial charge in [-0.25, -0.2) is 0 Å². The predicted molar refractivity (Wildman–Crippen MR) is 66.8 cm³/mol. The molecular weight excluding hydrogens is 256 g/mol. The van der Waals surface area contributed by atoms with E-state index in [1.165, 1.54) is 5.56 Å². The van der Waals surface area contributed by atoms with E-state index in [2.05, 4.69) is 33.9 Å². The van der Waals surface area contributed by atoms with Crippen LogP contribution in [0, 0.1) is 0 Å². The number of rotatable bonds is 5. The van der Waals surface area contributed by atoms with E-state index in [4.69, 9.17) is 10.5 Å². The topological polar surface area (TPSA) is 38.5 Å². The second-order valence-corrected chi connectivity index (χ2v) is 4.34. The Labute approximate surface area is 99.3 Å². The maximum Gasteiger partial charge on any atom is 0.0589 e. The zero-order valence-electron chi connectivity index (χ0n) is 9.16. The Hall–Kier alpha value is -0.580. The number of nitrogens with zero attached hydrogens (tertiary/aromatic N) is 1. The molecule has 0 saturated heterocycles. The molecule has 1 aromatic carbocycles. The van der Waals surface area contributed by atoms with E-state index in [-0.39, 0.29) is 0 Å². The molecular formula is C11H17BrN2O. The van der Waals surface area contributed by atoms with Crippen molar-refractivity contribution < 1.29 is 4.74 Å². The van der Waals surface area contributed by atoms with E-state index in [9.17, 15) is 0 Å². The second-order valence-electron chi connectivity index (χ2n) is 3.55. The number of ether oxygens (including phenoxy) is 1. The van der Waals surface area contributed by atoms with Gasteiger partial charge in [0.2, 0.25) is 0 Å². The summed E-state index contributed by atoms with van der Waals surface area (Å²) in [5, 5.41) is 0. The molecule has 0 aromatic heterocycles. The van der Waals surface area contributed by atoms with E-state index in [1.807, 2.05) is 12.1 Å². The van der Waals surface area contributed by atoms with Crippen molar-refractivity contribution in [3.8, 4) is 0 Å². The average Bonchev–Trinajstić information content (AvgIpc) is 2.22. The lowest BCUT2D eigenvalue weighted by molar-refractivity contribution is 0.158. The standard InChI is InChI=1S/C11H17BrN2O/c1-14(6-7-15-2)8-9-4-3-5-10(13)11(9)12/h3-5H,6-8,13H2,1-2H3. The van der Waals surface area contributed by atoms with Gasteiger partial charge in [-0.3, -0.25) is 4.90 Å². The van der Waals surface area contributed by atoms with Crippen LogP contribution in [0.1, 0.15) is 5.56 Å². The minimum absolute atomic E-state index is 0.746. The summed E-state index contributed by atoms with van der Waals surface area (Å²) in [4.78, 5) is 2.20. The van der Waals surface area contributed by atoms with Gasteiger partial charge in [0.05, 0.1) is 6.61 Å². The number of likely N-dealkylation sites (N-methyl/N-ethyl adjacent to an activating group) is 1. The lowest BCUT2D eigenvalue weighted by atomic mass is 10.2. The molecule has 0 aliphatic heterocycles. The highest BCUT2D eigenvalue weighted by atomic mass is 79.9. The van der Waals surface area contributed by atoms with Gasteiger partial charge in [0.15, 0.2) is 0 Å². The lowest BCUT2D eigenvalue weighted by Gasteiger charge is -2.17. The molecule has 3 nitrogen and oxygen atoms in total. The van der Waals surface area contributed by atoms with Crippen molar-refractivity contribution in [3.05, 3.63) is 28.2 Å². The quantitative estimate of drug-likeness (QED) is 0.835. The highest BCUT2D eigenvalue weighted by Gasteiger charge is 2.05. The first-order chi connectivity index (χ1) is 7.15. The van der Waals surface area contributed by atoms with Gasteiger partial charge in [-0.1, -0.05) is 12.1 Å². The molecule has 0 unspecified atom stereocenters. The molecule has 2 N–H and O–H groups in total. The molecule has 0 aliphatic carbocycles. The third-order valence-corrected chi connectivity index (χ3v) is 3.19. The van der Waals surface area contributed by atoms with E-state index in [0.717, 1.165) is 29.9 Å². The molecule has 1 aromatic rings. The van der Waals surface area contributed by atoms with Crippen molar-refractivity contribution in [1.29, 1.82) is 0 Å². The Bertz CT molecular complexity index is 317. The van der Waals surface area contributed by atoms with Crippen LogP contribution < -0.4 is 5.73 Å². The van der Waals surface area contributed by atoms with Crippen LogP contribution in [0.4, 0.5) is 5.69 Å². The molecule has 0 saturated carbocycles. The van der Waals surface area contributed by atoms with Gasteiger partial charge in [0.25, 0.3) is 0 Å². The van der Waals surface area contributed by atoms with Crippen LogP contribution >= 0.6 is 15.9 Å². The maximum atomic E-state index is 5.81. The number of benzene rings is 1. The molecule has 0 radical (unpaired) electrons. The highest BCUT2D eigenvalue weighted by Crippen LogP contribution is 2.24. The Morgan fingerprint density at radius 2 is 2.20 bits per heavy atom. The molecule has 15 heavy (non-hydrogen) atoms. The first kappa shape index (κ1) is 12.5. The van der Waals surface area contributed by atoms with E-state index >= 15 is 0 Å². The summed E-state index contributed by atoms with van der Waals surface area (Å²) < 4.78 is 6.02. The largest absolute Gasteiger partial charge is 0.398 e. The summed E-state index contributed by atoms with van der Waals surface area (Å²) in [6.45, 7) is 2.53. The van der Waals surface area contributed by atoms with Crippen LogP contribution in [0.2, 0.25) is 0 Å². The van der Waals surface area contributed by atoms with Crippen molar-refractivity contribution in [3.63, 3.8) is 0 Å². The minimum atomic E-state index is 0.746. The normalized spacial score (nSPS) is 10.9. The Morgan fingerprint density at radius 1 is 1.47 bits per heavy atom. The Morgan fingerprint density at radius 3 is 2.87 bits per heavy atom. The highest BCUT2D eigenvalue weighted by molar-refractivity contribution is 9.10. The first-order valence-electron chi connectivity index (χ1n) is 4.85. The minimum Gasteiger partial charge on any atom is -0.398 e. The van der Waals surface area contributed by atoms with Gasteiger partial charge >= 0.3 is 0 Å². The van der Waals surface area contributed by atoms with Crippen LogP contribution in [0.3, 0.4) is 0 Å². The molecule has 0 amide bonds. The van der Waals surface area contributed by atoms with Gasteiger partial charge in [0.1, 0.15) is 0 Å². The van der Waals surface area contributed by atoms with Gasteiger partial charge in [-0.05, 0) is 34.6 Å². The number of hydrogen-bond acceptors (Lipinski definition) is 3. The number of halogens is 1. The molecule has 0 heterocycles. The van der Waals surface area contributed by atoms with Crippen LogP contribution in [-0.2, 0) is 11.3 Å². The lowest BCUT2D eigenvalue weighted by Crippen LogP contribution is -2.22. The summed E-state index contributed by atoms with van der Waals surface area (Å²) in [5.74, 6) is 0. The fourth-order valence-electron chi connectivity index (χ4n) is 1.34. The summed E-state index contributed by atoms with van der Waals surface area (Å²) in [6, 6.07) is 5.94. The molecule has 0 spiro atoms. The number of nitrogen functional groups attached to an aromatic ring is 1. The van der Waals surface area contributed by atoms with Crippen LogP contribution in [0.15, 0.2) is 22.7 Å². The third-order valence-electron chi connectivity index (χ3n) is 2.23. The van der Waals surface area contributed by atoms with Crippen molar-refractivity contribution in [2.45, 2.75) is 6.54 Å². The molecule has 84 valence electrons. The van der Waals surface area contributed by atoms with E-state index in [1.54, 1.807) is 7.11 Å². The van der Waals surface area contributed by atoms with Gasteiger partial charge in [0, 0.05) is 30.4 Å². The first-order valence-corrected chi connectivity index (χ1v) is 5.64. The summed E-state index contributed by atoms with van der Waals surface area (Å²) in [5.41, 5.74) is 7.79. The SMILES string of the molecule is COCCN(C)Cc1cccc(N)c1Br. The van der Waals surface area contributed by atoms with Crippen molar-refractivity contribution in [1.82, 2.24) is 4.90 Å². The van der Waals surface area contributed by atoms with Crippen molar-refractivity contribution >= 4 is 21.6 Å². The molecule has 0 fully saturated rings. The van der Waals surface area contributed by atoms with E-state index < -0.39 is 0 Å².